The summed E-state index contributed by atoms with van der Waals surface area (Å²) in [5, 5.41) is 2.99. The van der Waals surface area contributed by atoms with Gasteiger partial charge in [-0.05, 0) is 72.7 Å². The highest BCUT2D eigenvalue weighted by Gasteiger charge is 2.32. The maximum atomic E-state index is 14.0. The molecule has 0 radical (unpaired) electrons. The average Bonchev–Trinajstić information content (AvgIpc) is 3.69. The van der Waals surface area contributed by atoms with Crippen LogP contribution in [-0.2, 0) is 9.59 Å². The molecule has 1 N–H and O–H groups in total. The lowest BCUT2D eigenvalue weighted by Gasteiger charge is -2.25. The first-order valence-electron chi connectivity index (χ1n) is 15.3. The Morgan fingerprint density at radius 2 is 1.69 bits per heavy atom. The zero-order valence-electron chi connectivity index (χ0n) is 25.7. The van der Waals surface area contributed by atoms with Crippen molar-refractivity contribution in [2.24, 2.45) is 4.99 Å². The van der Waals surface area contributed by atoms with Crippen molar-refractivity contribution < 1.29 is 14.3 Å². The van der Waals surface area contributed by atoms with Crippen molar-refractivity contribution in [1.29, 1.82) is 0 Å². The highest BCUT2D eigenvalue weighted by atomic mass is 32.1. The quantitative estimate of drug-likeness (QED) is 0.300. The molecule has 1 atom stereocenters. The Bertz CT molecular complexity index is 1920. The molecule has 8 nitrogen and oxygen atoms in total. The Hall–Kier alpha value is -4.76. The van der Waals surface area contributed by atoms with E-state index in [0.29, 0.717) is 38.0 Å². The molecule has 2 aliphatic rings. The maximum Gasteiger partial charge on any atom is 0.271 e. The van der Waals surface area contributed by atoms with Crippen LogP contribution in [-0.4, -0.2) is 41.0 Å². The third-order valence-electron chi connectivity index (χ3n) is 8.22. The van der Waals surface area contributed by atoms with Crippen LogP contribution in [0.4, 0.5) is 5.69 Å². The fourth-order valence-corrected chi connectivity index (χ4v) is 6.77. The number of nitrogens with zero attached hydrogens (tertiary/aromatic N) is 3. The van der Waals surface area contributed by atoms with Crippen LogP contribution in [0.2, 0.25) is 0 Å². The molecule has 1 aromatic heterocycles. The average molecular weight is 621 g/mol. The minimum atomic E-state index is -0.641. The summed E-state index contributed by atoms with van der Waals surface area (Å²) in [6, 6.07) is 24.1. The number of aromatic nitrogens is 1. The van der Waals surface area contributed by atoms with E-state index in [-0.39, 0.29) is 24.0 Å². The van der Waals surface area contributed by atoms with Crippen molar-refractivity contribution in [2.45, 2.75) is 45.6 Å². The van der Waals surface area contributed by atoms with Gasteiger partial charge >= 0.3 is 0 Å². The number of carbonyl (C=O) groups excluding carboxylic acids is 2. The second kappa shape index (κ2) is 13.1. The van der Waals surface area contributed by atoms with Gasteiger partial charge in [0.05, 0.1) is 21.8 Å². The summed E-state index contributed by atoms with van der Waals surface area (Å²) in [6.45, 7) is 7.68. The minimum Gasteiger partial charge on any atom is -0.484 e. The van der Waals surface area contributed by atoms with Gasteiger partial charge in [0, 0.05) is 18.8 Å². The maximum absolute atomic E-state index is 14.0. The monoisotopic (exact) mass is 620 g/mol. The molecule has 0 saturated carbocycles. The Morgan fingerprint density at radius 1 is 1.00 bits per heavy atom. The largest absolute Gasteiger partial charge is 0.484 e. The first kappa shape index (κ1) is 30.3. The Morgan fingerprint density at radius 3 is 2.36 bits per heavy atom. The third-order valence-corrected chi connectivity index (χ3v) is 9.20. The van der Waals surface area contributed by atoms with Crippen LogP contribution in [0.1, 0.15) is 62.3 Å². The summed E-state index contributed by atoms with van der Waals surface area (Å²) < 4.78 is 7.86. The molecule has 45 heavy (non-hydrogen) atoms. The van der Waals surface area contributed by atoms with Crippen molar-refractivity contribution in [3.63, 3.8) is 0 Å². The number of rotatable bonds is 8. The Kier molecular flexibility index (Phi) is 8.80. The number of amides is 2. The number of likely N-dealkylation sites (tertiary alicyclic amines) is 1. The Labute approximate surface area is 266 Å². The number of para-hydroxylation sites is 1. The molecule has 4 aromatic rings. The SMILES string of the molecule is CC1=C(C(=O)Nc2ccccc2)[C@H](c2ccc(C(C)C)cc2)n2c(s/c(=C/c3ccc(OCC(=O)N4CCCC4)cc3)c2=O)=N1. The zero-order valence-corrected chi connectivity index (χ0v) is 26.5. The summed E-state index contributed by atoms with van der Waals surface area (Å²) >= 11 is 1.30. The number of thiazole rings is 1. The molecule has 0 unspecified atom stereocenters. The predicted octanol–water partition coefficient (Wildman–Crippen LogP) is 5.00. The Balaban J connectivity index is 1.33. The van der Waals surface area contributed by atoms with E-state index >= 15 is 0 Å². The lowest BCUT2D eigenvalue weighted by molar-refractivity contribution is -0.132. The molecule has 3 heterocycles. The summed E-state index contributed by atoms with van der Waals surface area (Å²) in [7, 11) is 0. The first-order valence-corrected chi connectivity index (χ1v) is 16.1. The molecule has 2 aliphatic heterocycles. The lowest BCUT2D eigenvalue weighted by atomic mass is 9.93. The van der Waals surface area contributed by atoms with Crippen molar-refractivity contribution in [2.75, 3.05) is 25.0 Å². The van der Waals surface area contributed by atoms with Gasteiger partial charge in [-0.15, -0.1) is 0 Å². The number of hydrogen-bond donors (Lipinski definition) is 1. The van der Waals surface area contributed by atoms with Crippen LogP contribution in [0.25, 0.3) is 6.08 Å². The molecule has 230 valence electrons. The smallest absolute Gasteiger partial charge is 0.271 e. The fourth-order valence-electron chi connectivity index (χ4n) is 5.72. The minimum absolute atomic E-state index is 0.00167. The standard InChI is InChI=1S/C36H36N4O4S/c1-23(2)26-13-15-27(16-14-26)33-32(34(42)38-28-9-5-4-6-10-28)24(3)37-36-40(33)35(43)30(45-36)21-25-11-17-29(18-12-25)44-22-31(41)39-19-7-8-20-39/h4-6,9-18,21,23,33H,7-8,19-20,22H2,1-3H3,(H,38,42)/b30-21+/t33-/m0/s1. The fraction of sp³-hybridized carbons (Fsp3) is 0.278. The van der Waals surface area contributed by atoms with Gasteiger partial charge in [0.2, 0.25) is 0 Å². The number of nitrogens with one attached hydrogen (secondary N) is 1. The molecule has 3 aromatic carbocycles. The molecule has 1 saturated heterocycles. The van der Waals surface area contributed by atoms with Crippen LogP contribution in [0, 0.1) is 0 Å². The zero-order chi connectivity index (χ0) is 31.5. The lowest BCUT2D eigenvalue weighted by Crippen LogP contribution is -2.40. The van der Waals surface area contributed by atoms with Crippen LogP contribution in [0.3, 0.4) is 0 Å². The van der Waals surface area contributed by atoms with Crippen LogP contribution in [0.5, 0.6) is 5.75 Å². The second-order valence-electron chi connectivity index (χ2n) is 11.7. The number of ether oxygens (including phenoxy) is 1. The normalized spacial score (nSPS) is 16.5. The number of fused-ring (bicyclic) bond motifs is 1. The first-order chi connectivity index (χ1) is 21.8. The number of carbonyl (C=O) groups is 2. The highest BCUT2D eigenvalue weighted by molar-refractivity contribution is 7.07. The van der Waals surface area contributed by atoms with Crippen molar-refractivity contribution >= 4 is 34.9 Å². The molecule has 9 heteroatoms. The van der Waals surface area contributed by atoms with Gasteiger partial charge in [0.1, 0.15) is 5.75 Å². The number of hydrogen-bond acceptors (Lipinski definition) is 6. The van der Waals surface area contributed by atoms with Gasteiger partial charge in [-0.2, -0.15) is 0 Å². The van der Waals surface area contributed by atoms with Gasteiger partial charge in [-0.3, -0.25) is 19.0 Å². The van der Waals surface area contributed by atoms with Gasteiger partial charge in [-0.25, -0.2) is 4.99 Å². The van der Waals surface area contributed by atoms with E-state index in [9.17, 15) is 14.4 Å². The molecule has 1 fully saturated rings. The van der Waals surface area contributed by atoms with E-state index in [1.807, 2.05) is 72.5 Å². The summed E-state index contributed by atoms with van der Waals surface area (Å²) in [5.41, 5.74) is 4.28. The van der Waals surface area contributed by atoms with Crippen LogP contribution >= 0.6 is 11.3 Å². The number of allylic oxidation sites excluding steroid dienone is 1. The van der Waals surface area contributed by atoms with E-state index in [0.717, 1.165) is 37.1 Å². The molecule has 0 spiro atoms. The van der Waals surface area contributed by atoms with Gasteiger partial charge in [0.15, 0.2) is 11.4 Å². The van der Waals surface area contributed by atoms with E-state index in [2.05, 4.69) is 31.3 Å². The second-order valence-corrected chi connectivity index (χ2v) is 12.7. The summed E-state index contributed by atoms with van der Waals surface area (Å²) in [6.07, 6.45) is 3.91. The molecular formula is C36H36N4O4S. The predicted molar refractivity (Wildman–Crippen MR) is 177 cm³/mol. The van der Waals surface area contributed by atoms with E-state index in [1.165, 1.54) is 16.9 Å². The van der Waals surface area contributed by atoms with E-state index < -0.39 is 6.04 Å². The molecule has 2 amide bonds. The van der Waals surface area contributed by atoms with Gasteiger partial charge in [0.25, 0.3) is 17.4 Å². The van der Waals surface area contributed by atoms with Crippen molar-refractivity contribution in [3.8, 4) is 5.75 Å². The van der Waals surface area contributed by atoms with Crippen molar-refractivity contribution in [3.05, 3.63) is 127 Å². The summed E-state index contributed by atoms with van der Waals surface area (Å²) in [5.74, 6) is 0.642. The topological polar surface area (TPSA) is 93.0 Å². The van der Waals surface area contributed by atoms with E-state index in [4.69, 9.17) is 9.73 Å². The number of benzene rings is 3. The third kappa shape index (κ3) is 6.54. The molecule has 0 bridgehead atoms. The number of anilines is 1. The van der Waals surface area contributed by atoms with E-state index in [1.54, 1.807) is 16.7 Å². The van der Waals surface area contributed by atoms with Crippen LogP contribution in [0.15, 0.2) is 99.9 Å². The molecule has 0 aliphatic carbocycles. The van der Waals surface area contributed by atoms with Crippen LogP contribution < -0.4 is 24.9 Å². The molecular weight excluding hydrogens is 584 g/mol. The highest BCUT2D eigenvalue weighted by Crippen LogP contribution is 2.31. The molecule has 6 rings (SSSR count). The summed E-state index contributed by atoms with van der Waals surface area (Å²) in [4.78, 5) is 47.3. The van der Waals surface area contributed by atoms with Gasteiger partial charge in [-0.1, -0.05) is 79.8 Å². The van der Waals surface area contributed by atoms with Gasteiger partial charge < -0.3 is 15.0 Å². The van der Waals surface area contributed by atoms with Crippen molar-refractivity contribution in [1.82, 2.24) is 9.47 Å².